The van der Waals surface area contributed by atoms with Crippen LogP contribution < -0.4 is 10.1 Å². The summed E-state index contributed by atoms with van der Waals surface area (Å²) in [4.78, 5) is 26.6. The van der Waals surface area contributed by atoms with Gasteiger partial charge in [-0.1, -0.05) is 30.3 Å². The number of amides is 1. The van der Waals surface area contributed by atoms with E-state index < -0.39 is 10.8 Å². The zero-order valence-electron chi connectivity index (χ0n) is 17.3. The van der Waals surface area contributed by atoms with Crippen molar-refractivity contribution in [2.75, 3.05) is 11.9 Å². The fourth-order valence-electron chi connectivity index (χ4n) is 3.30. The molecule has 0 radical (unpaired) electrons. The van der Waals surface area contributed by atoms with Crippen LogP contribution in [-0.2, 0) is 4.79 Å². The summed E-state index contributed by atoms with van der Waals surface area (Å²) in [7, 11) is 0. The fourth-order valence-corrected chi connectivity index (χ4v) is 3.94. The van der Waals surface area contributed by atoms with E-state index in [0.29, 0.717) is 23.5 Å². The molecule has 4 rings (SSSR count). The normalized spacial score (nSPS) is 11.5. The van der Waals surface area contributed by atoms with Gasteiger partial charge in [-0.25, -0.2) is 4.98 Å². The summed E-state index contributed by atoms with van der Waals surface area (Å²) in [6.45, 7) is 4.13. The summed E-state index contributed by atoms with van der Waals surface area (Å²) in [6.07, 6.45) is 4.24. The van der Waals surface area contributed by atoms with Gasteiger partial charge in [-0.05, 0) is 42.4 Å². The first kappa shape index (κ1) is 21.3. The van der Waals surface area contributed by atoms with Gasteiger partial charge in [0.1, 0.15) is 17.5 Å². The van der Waals surface area contributed by atoms with Gasteiger partial charge < -0.3 is 9.15 Å². The van der Waals surface area contributed by atoms with Gasteiger partial charge in [-0.2, -0.15) is 0 Å². The third-order valence-electron chi connectivity index (χ3n) is 4.74. The number of nitro groups is 1. The Bertz CT molecular complexity index is 1320. The molecule has 4 aromatic rings. The van der Waals surface area contributed by atoms with Crippen molar-refractivity contribution in [3.8, 4) is 16.9 Å². The number of thiazole rings is 1. The molecule has 0 aliphatic rings. The standard InChI is InChI=1S/C23H19N3O5S/c1-3-30-19-11-20-17(18(13-31-20)15-7-5-4-6-8-15)10-16(19)14(2)9-21(27)25-23-24-12-22(32-23)26(28)29/h4-13H,3H2,1-2H3,(H,24,25,27)/b14-9+. The first-order valence-electron chi connectivity index (χ1n) is 9.79. The second-order valence-corrected chi connectivity index (χ2v) is 7.88. The lowest BCUT2D eigenvalue weighted by Gasteiger charge is -2.11. The van der Waals surface area contributed by atoms with Gasteiger partial charge in [0.15, 0.2) is 5.13 Å². The first-order valence-corrected chi connectivity index (χ1v) is 10.6. The predicted molar refractivity (Wildman–Crippen MR) is 124 cm³/mol. The molecule has 0 fully saturated rings. The minimum atomic E-state index is -0.548. The van der Waals surface area contributed by atoms with Crippen molar-refractivity contribution in [1.29, 1.82) is 0 Å². The molecule has 32 heavy (non-hydrogen) atoms. The van der Waals surface area contributed by atoms with Gasteiger partial charge in [0.2, 0.25) is 5.91 Å². The summed E-state index contributed by atoms with van der Waals surface area (Å²) in [6, 6.07) is 13.6. The summed E-state index contributed by atoms with van der Waals surface area (Å²) in [5.74, 6) is 0.158. The highest BCUT2D eigenvalue weighted by molar-refractivity contribution is 7.18. The minimum Gasteiger partial charge on any atom is -0.493 e. The number of benzene rings is 2. The highest BCUT2D eigenvalue weighted by Crippen LogP contribution is 2.37. The monoisotopic (exact) mass is 449 g/mol. The van der Waals surface area contributed by atoms with E-state index in [0.717, 1.165) is 39.6 Å². The molecule has 0 atom stereocenters. The molecular weight excluding hydrogens is 430 g/mol. The Hall–Kier alpha value is -3.98. The number of anilines is 1. The molecule has 0 saturated carbocycles. The van der Waals surface area contributed by atoms with Gasteiger partial charge in [0.05, 0.1) is 17.8 Å². The van der Waals surface area contributed by atoms with Crippen LogP contribution in [-0.4, -0.2) is 22.4 Å². The zero-order chi connectivity index (χ0) is 22.7. The summed E-state index contributed by atoms with van der Waals surface area (Å²) in [5, 5.41) is 14.3. The Morgan fingerprint density at radius 1 is 1.31 bits per heavy atom. The maximum absolute atomic E-state index is 12.5. The van der Waals surface area contributed by atoms with Crippen LogP contribution in [0, 0.1) is 10.1 Å². The number of rotatable bonds is 7. The largest absolute Gasteiger partial charge is 0.493 e. The predicted octanol–water partition coefficient (Wildman–Crippen LogP) is 5.91. The smallest absolute Gasteiger partial charge is 0.345 e. The lowest BCUT2D eigenvalue weighted by Crippen LogP contribution is -2.08. The van der Waals surface area contributed by atoms with E-state index in [4.69, 9.17) is 9.15 Å². The van der Waals surface area contributed by atoms with Crippen LogP contribution in [0.5, 0.6) is 5.75 Å². The molecule has 8 nitrogen and oxygen atoms in total. The van der Waals surface area contributed by atoms with Crippen molar-refractivity contribution < 1.29 is 18.9 Å². The van der Waals surface area contributed by atoms with Crippen LogP contribution in [0.15, 0.2) is 65.4 Å². The molecule has 9 heteroatoms. The minimum absolute atomic E-state index is 0.140. The van der Waals surface area contributed by atoms with Crippen molar-refractivity contribution in [2.45, 2.75) is 13.8 Å². The van der Waals surface area contributed by atoms with Crippen LogP contribution >= 0.6 is 11.3 Å². The third kappa shape index (κ3) is 4.37. The van der Waals surface area contributed by atoms with Crippen LogP contribution in [0.1, 0.15) is 19.4 Å². The molecule has 2 aromatic heterocycles. The number of fused-ring (bicyclic) bond motifs is 1. The molecule has 162 valence electrons. The Kier molecular flexibility index (Phi) is 6.00. The quantitative estimate of drug-likeness (QED) is 0.214. The van der Waals surface area contributed by atoms with E-state index in [1.54, 1.807) is 13.2 Å². The summed E-state index contributed by atoms with van der Waals surface area (Å²) < 4.78 is 11.6. The number of furan rings is 1. The van der Waals surface area contributed by atoms with Gasteiger partial charge in [0, 0.05) is 28.7 Å². The first-order chi connectivity index (χ1) is 15.5. The van der Waals surface area contributed by atoms with E-state index >= 15 is 0 Å². The topological polar surface area (TPSA) is 108 Å². The molecule has 1 amide bonds. The molecule has 2 aromatic carbocycles. The molecule has 0 bridgehead atoms. The van der Waals surface area contributed by atoms with Crippen molar-refractivity contribution >= 4 is 43.9 Å². The molecule has 2 heterocycles. The number of ether oxygens (including phenoxy) is 1. The van der Waals surface area contributed by atoms with E-state index in [1.165, 1.54) is 6.08 Å². The van der Waals surface area contributed by atoms with Gasteiger partial charge >= 0.3 is 5.00 Å². The van der Waals surface area contributed by atoms with E-state index in [2.05, 4.69) is 10.3 Å². The van der Waals surface area contributed by atoms with Crippen LogP contribution in [0.3, 0.4) is 0 Å². The molecule has 0 spiro atoms. The van der Waals surface area contributed by atoms with Crippen molar-refractivity contribution in [2.24, 2.45) is 0 Å². The molecule has 0 aliphatic heterocycles. The van der Waals surface area contributed by atoms with Gasteiger partial charge in [-0.15, -0.1) is 0 Å². The second-order valence-electron chi connectivity index (χ2n) is 6.87. The Morgan fingerprint density at radius 2 is 2.09 bits per heavy atom. The highest BCUT2D eigenvalue weighted by atomic mass is 32.1. The number of carbonyl (C=O) groups excluding carboxylic acids is 1. The highest BCUT2D eigenvalue weighted by Gasteiger charge is 2.16. The fraction of sp³-hybridized carbons (Fsp3) is 0.130. The molecule has 0 unspecified atom stereocenters. The molecule has 0 saturated heterocycles. The van der Waals surface area contributed by atoms with E-state index in [1.807, 2.05) is 49.4 Å². The zero-order valence-corrected chi connectivity index (χ0v) is 18.1. The maximum atomic E-state index is 12.5. The Labute approximate surface area is 187 Å². The van der Waals surface area contributed by atoms with E-state index in [9.17, 15) is 14.9 Å². The third-order valence-corrected chi connectivity index (χ3v) is 5.60. The summed E-state index contributed by atoms with van der Waals surface area (Å²) >= 11 is 0.798. The number of nitrogens with zero attached hydrogens (tertiary/aromatic N) is 2. The number of hydrogen-bond acceptors (Lipinski definition) is 7. The number of allylic oxidation sites excluding steroid dienone is 1. The average Bonchev–Trinajstić information content (AvgIpc) is 3.40. The number of carbonyl (C=O) groups is 1. The van der Waals surface area contributed by atoms with Crippen molar-refractivity contribution in [3.05, 3.63) is 76.7 Å². The van der Waals surface area contributed by atoms with Crippen LogP contribution in [0.25, 0.3) is 27.7 Å². The lowest BCUT2D eigenvalue weighted by atomic mass is 9.99. The van der Waals surface area contributed by atoms with E-state index in [-0.39, 0.29) is 10.1 Å². The summed E-state index contributed by atoms with van der Waals surface area (Å²) in [5.41, 5.74) is 4.06. The molecule has 0 aliphatic carbocycles. The second kappa shape index (κ2) is 9.03. The lowest BCUT2D eigenvalue weighted by molar-refractivity contribution is -0.380. The van der Waals surface area contributed by atoms with Gasteiger partial charge in [-0.3, -0.25) is 20.2 Å². The number of nitrogens with one attached hydrogen (secondary N) is 1. The van der Waals surface area contributed by atoms with Gasteiger partial charge in [0.25, 0.3) is 0 Å². The molecule has 1 N–H and O–H groups in total. The Balaban J connectivity index is 1.69. The molecular formula is C23H19N3O5S. The van der Waals surface area contributed by atoms with Crippen LogP contribution in [0.4, 0.5) is 10.1 Å². The number of hydrogen-bond donors (Lipinski definition) is 1. The SMILES string of the molecule is CCOc1cc2occ(-c3ccccc3)c2cc1/C(C)=C/C(=O)Nc1ncc([N+](=O)[O-])s1. The van der Waals surface area contributed by atoms with Crippen LogP contribution in [0.2, 0.25) is 0 Å². The maximum Gasteiger partial charge on any atom is 0.345 e. The van der Waals surface area contributed by atoms with Crippen molar-refractivity contribution in [3.63, 3.8) is 0 Å². The average molecular weight is 449 g/mol. The van der Waals surface area contributed by atoms with Crippen molar-refractivity contribution in [1.82, 2.24) is 4.98 Å². The number of aromatic nitrogens is 1. The Morgan fingerprint density at radius 3 is 2.78 bits per heavy atom.